The normalized spacial score (nSPS) is 10.6. The number of rotatable bonds is 5. The fourth-order valence-electron chi connectivity index (χ4n) is 2.87. The van der Waals surface area contributed by atoms with Gasteiger partial charge in [0.2, 0.25) is 5.91 Å². The minimum atomic E-state index is -0.532. The van der Waals surface area contributed by atoms with Gasteiger partial charge in [-0.3, -0.25) is 19.9 Å². The first-order valence-electron chi connectivity index (χ1n) is 8.41. The predicted octanol–water partition coefficient (Wildman–Crippen LogP) is 3.35. The summed E-state index contributed by atoms with van der Waals surface area (Å²) in [7, 11) is 2.93. The molecule has 0 fully saturated rings. The summed E-state index contributed by atoms with van der Waals surface area (Å²) >= 11 is 0. The van der Waals surface area contributed by atoms with Crippen molar-refractivity contribution in [3.8, 4) is 28.4 Å². The van der Waals surface area contributed by atoms with E-state index in [1.807, 2.05) is 13.0 Å². The Morgan fingerprint density at radius 3 is 2.68 bits per heavy atom. The highest BCUT2D eigenvalue weighted by atomic mass is 16.6. The van der Waals surface area contributed by atoms with Crippen molar-refractivity contribution in [1.29, 1.82) is 0 Å². The quantitative estimate of drug-likeness (QED) is 0.535. The van der Waals surface area contributed by atoms with Crippen molar-refractivity contribution in [1.82, 2.24) is 15.0 Å². The van der Waals surface area contributed by atoms with Crippen molar-refractivity contribution >= 4 is 17.3 Å². The first-order chi connectivity index (χ1) is 13.3. The number of benzene rings is 1. The van der Waals surface area contributed by atoms with Gasteiger partial charge in [-0.25, -0.2) is 4.98 Å². The first kappa shape index (κ1) is 19.0. The van der Waals surface area contributed by atoms with Crippen LogP contribution >= 0.6 is 0 Å². The molecule has 9 nitrogen and oxygen atoms in total. The molecule has 0 unspecified atom stereocenters. The number of aromatic amines is 1. The van der Waals surface area contributed by atoms with Gasteiger partial charge in [0.15, 0.2) is 0 Å². The molecule has 0 aliphatic rings. The van der Waals surface area contributed by atoms with Crippen LogP contribution in [0.5, 0.6) is 5.75 Å². The van der Waals surface area contributed by atoms with Crippen LogP contribution in [0.1, 0.15) is 12.6 Å². The Bertz CT molecular complexity index is 1050. The zero-order valence-electron chi connectivity index (χ0n) is 15.9. The minimum Gasteiger partial charge on any atom is -0.496 e. The number of anilines is 1. The van der Waals surface area contributed by atoms with Crippen molar-refractivity contribution < 1.29 is 14.5 Å². The molecule has 0 saturated heterocycles. The lowest BCUT2D eigenvalue weighted by molar-refractivity contribution is -0.384. The summed E-state index contributed by atoms with van der Waals surface area (Å²) in [6, 6.07) is 6.51. The fourth-order valence-corrected chi connectivity index (χ4v) is 2.87. The number of carbonyl (C=O) groups excluding carboxylic acids is 1. The number of imidazole rings is 1. The Hall–Kier alpha value is -3.75. The van der Waals surface area contributed by atoms with Crippen molar-refractivity contribution in [2.24, 2.45) is 0 Å². The number of nitro groups is 1. The summed E-state index contributed by atoms with van der Waals surface area (Å²) in [4.78, 5) is 35.8. The fraction of sp³-hybridized carbons (Fsp3) is 0.211. The maximum absolute atomic E-state index is 11.7. The molecule has 1 amide bonds. The molecule has 3 aromatic rings. The summed E-state index contributed by atoms with van der Waals surface area (Å²) in [5.74, 6) is 0.458. The molecule has 0 radical (unpaired) electrons. The van der Waals surface area contributed by atoms with E-state index in [0.29, 0.717) is 22.8 Å². The van der Waals surface area contributed by atoms with Crippen LogP contribution in [0.3, 0.4) is 0 Å². The Balaban J connectivity index is 2.18. The number of nitrogens with one attached hydrogen (secondary N) is 1. The molecule has 3 rings (SSSR count). The lowest BCUT2D eigenvalue weighted by Gasteiger charge is -2.17. The minimum absolute atomic E-state index is 0.147. The number of ether oxygens (including phenoxy) is 1. The van der Waals surface area contributed by atoms with Crippen LogP contribution in [-0.4, -0.2) is 39.9 Å². The Labute approximate surface area is 161 Å². The summed E-state index contributed by atoms with van der Waals surface area (Å²) in [5, 5.41) is 11.6. The number of hydrogen-bond donors (Lipinski definition) is 1. The van der Waals surface area contributed by atoms with Gasteiger partial charge < -0.3 is 14.6 Å². The summed E-state index contributed by atoms with van der Waals surface area (Å²) < 4.78 is 5.43. The number of nitro benzene ring substituents is 1. The molecule has 28 heavy (non-hydrogen) atoms. The number of amides is 1. The summed E-state index contributed by atoms with van der Waals surface area (Å²) in [5.41, 5.74) is 2.66. The molecule has 0 atom stereocenters. The average Bonchev–Trinajstić information content (AvgIpc) is 3.08. The molecule has 9 heteroatoms. The van der Waals surface area contributed by atoms with Crippen molar-refractivity contribution in [3.63, 3.8) is 0 Å². The standard InChI is InChI=1S/C19H19N5O4/c1-11-18(13-6-5-7-20-10-13)22-19(21-11)14-8-16(24(26)27)15(9-17(14)28-4)23(3)12(2)25/h5-10H,1-4H3,(H,21,22). The SMILES string of the molecule is COc1cc(N(C)C(C)=O)c([N+](=O)[O-])cc1-c1nc(-c2cccnc2)c(C)[nH]1. The molecule has 0 spiro atoms. The zero-order valence-corrected chi connectivity index (χ0v) is 15.9. The second kappa shape index (κ2) is 7.47. The third-order valence-corrected chi connectivity index (χ3v) is 4.40. The molecule has 2 aromatic heterocycles. The molecule has 2 heterocycles. The van der Waals surface area contributed by atoms with Gasteiger partial charge in [0, 0.05) is 49.8 Å². The van der Waals surface area contributed by atoms with Crippen molar-refractivity contribution in [2.75, 3.05) is 19.1 Å². The number of aromatic nitrogens is 3. The van der Waals surface area contributed by atoms with Gasteiger partial charge in [-0.2, -0.15) is 0 Å². The molecule has 1 N–H and O–H groups in total. The van der Waals surface area contributed by atoms with E-state index in [1.54, 1.807) is 18.5 Å². The number of hydrogen-bond acceptors (Lipinski definition) is 6. The van der Waals surface area contributed by atoms with Crippen molar-refractivity contribution in [3.05, 3.63) is 52.5 Å². The second-order valence-electron chi connectivity index (χ2n) is 6.18. The van der Waals surface area contributed by atoms with E-state index in [2.05, 4.69) is 15.0 Å². The molecular formula is C19H19N5O4. The predicted molar refractivity (Wildman–Crippen MR) is 104 cm³/mol. The maximum Gasteiger partial charge on any atom is 0.293 e. The number of aryl methyl sites for hydroxylation is 1. The molecule has 1 aromatic carbocycles. The molecule has 0 saturated carbocycles. The monoisotopic (exact) mass is 381 g/mol. The average molecular weight is 381 g/mol. The van der Waals surface area contributed by atoms with Crippen LogP contribution in [0.4, 0.5) is 11.4 Å². The Morgan fingerprint density at radius 1 is 1.36 bits per heavy atom. The first-order valence-corrected chi connectivity index (χ1v) is 8.41. The van der Waals surface area contributed by atoms with E-state index in [-0.39, 0.29) is 17.3 Å². The highest BCUT2D eigenvalue weighted by Crippen LogP contribution is 2.40. The lowest BCUT2D eigenvalue weighted by atomic mass is 10.1. The second-order valence-corrected chi connectivity index (χ2v) is 6.18. The zero-order chi connectivity index (χ0) is 20.4. The van der Waals surface area contributed by atoms with Crippen LogP contribution in [0.15, 0.2) is 36.7 Å². The molecule has 144 valence electrons. The van der Waals surface area contributed by atoms with Gasteiger partial charge in [-0.05, 0) is 19.1 Å². The van der Waals surface area contributed by atoms with Crippen LogP contribution in [0.2, 0.25) is 0 Å². The van der Waals surface area contributed by atoms with Gasteiger partial charge in [-0.1, -0.05) is 0 Å². The van der Waals surface area contributed by atoms with Crippen LogP contribution in [-0.2, 0) is 4.79 Å². The van der Waals surface area contributed by atoms with E-state index in [9.17, 15) is 14.9 Å². The summed E-state index contributed by atoms with van der Waals surface area (Å²) in [6.07, 6.45) is 3.36. The van der Waals surface area contributed by atoms with E-state index in [0.717, 1.165) is 11.3 Å². The highest BCUT2D eigenvalue weighted by Gasteiger charge is 2.25. The molecule has 0 aliphatic heterocycles. The number of H-pyrrole nitrogens is 1. The van der Waals surface area contributed by atoms with Crippen LogP contribution in [0, 0.1) is 17.0 Å². The van der Waals surface area contributed by atoms with Gasteiger partial charge >= 0.3 is 0 Å². The van der Waals surface area contributed by atoms with Crippen LogP contribution in [0.25, 0.3) is 22.6 Å². The van der Waals surface area contributed by atoms with Gasteiger partial charge in [0.1, 0.15) is 17.3 Å². The topological polar surface area (TPSA) is 114 Å². The van der Waals surface area contributed by atoms with E-state index in [4.69, 9.17) is 4.74 Å². The van der Waals surface area contributed by atoms with E-state index < -0.39 is 4.92 Å². The van der Waals surface area contributed by atoms with Crippen molar-refractivity contribution in [2.45, 2.75) is 13.8 Å². The molecular weight excluding hydrogens is 362 g/mol. The third-order valence-electron chi connectivity index (χ3n) is 4.40. The Kier molecular flexibility index (Phi) is 5.08. The number of pyridine rings is 1. The number of carbonyl (C=O) groups is 1. The lowest BCUT2D eigenvalue weighted by Crippen LogP contribution is -2.23. The molecule has 0 bridgehead atoms. The third kappa shape index (κ3) is 3.41. The summed E-state index contributed by atoms with van der Waals surface area (Å²) in [6.45, 7) is 3.19. The van der Waals surface area contributed by atoms with Gasteiger partial charge in [0.25, 0.3) is 5.69 Å². The largest absolute Gasteiger partial charge is 0.496 e. The molecule has 0 aliphatic carbocycles. The van der Waals surface area contributed by atoms with Crippen LogP contribution < -0.4 is 9.64 Å². The number of nitrogens with zero attached hydrogens (tertiary/aromatic N) is 4. The Morgan fingerprint density at radius 2 is 2.11 bits per heavy atom. The smallest absolute Gasteiger partial charge is 0.293 e. The van der Waals surface area contributed by atoms with E-state index >= 15 is 0 Å². The highest BCUT2D eigenvalue weighted by molar-refractivity contribution is 5.95. The van der Waals surface area contributed by atoms with E-state index in [1.165, 1.54) is 38.1 Å². The maximum atomic E-state index is 11.7. The van der Waals surface area contributed by atoms with Gasteiger partial charge in [-0.15, -0.1) is 0 Å². The number of methoxy groups -OCH3 is 1. The van der Waals surface area contributed by atoms with Gasteiger partial charge in [0.05, 0.1) is 23.3 Å².